The lowest BCUT2D eigenvalue weighted by molar-refractivity contribution is 0.628. The van der Waals surface area contributed by atoms with E-state index >= 15 is 0 Å². The van der Waals surface area contributed by atoms with E-state index < -0.39 is 0 Å². The molecule has 0 amide bonds. The van der Waals surface area contributed by atoms with Gasteiger partial charge in [0.25, 0.3) is 0 Å². The fourth-order valence-electron chi connectivity index (χ4n) is 2.31. The molecule has 0 atom stereocenters. The molecule has 4 heteroatoms. The van der Waals surface area contributed by atoms with Crippen molar-refractivity contribution in [1.29, 1.82) is 0 Å². The standard InChI is InChI=1S/C16H20FN3/c1-4-6-14-19-15(16(18)20(14)9-5-2)13-10-12(17)8-7-11(13)3/h5,7-8,10H,2,4,6,9,18H2,1,3H3. The average Bonchev–Trinajstić information content (AvgIpc) is 2.71. The van der Waals surface area contributed by atoms with Gasteiger partial charge in [-0.1, -0.05) is 19.1 Å². The van der Waals surface area contributed by atoms with Crippen molar-refractivity contribution in [3.05, 3.63) is 48.1 Å². The molecule has 0 radical (unpaired) electrons. The van der Waals surface area contributed by atoms with Crippen molar-refractivity contribution in [1.82, 2.24) is 9.55 Å². The first kappa shape index (κ1) is 14.3. The van der Waals surface area contributed by atoms with Gasteiger partial charge in [0.2, 0.25) is 0 Å². The maximum atomic E-state index is 13.5. The summed E-state index contributed by atoms with van der Waals surface area (Å²) >= 11 is 0. The molecular formula is C16H20FN3. The summed E-state index contributed by atoms with van der Waals surface area (Å²) in [6.45, 7) is 8.39. The van der Waals surface area contributed by atoms with Crippen molar-refractivity contribution in [2.24, 2.45) is 0 Å². The number of nitrogens with zero attached hydrogens (tertiary/aromatic N) is 2. The van der Waals surface area contributed by atoms with E-state index in [9.17, 15) is 4.39 Å². The molecule has 0 spiro atoms. The van der Waals surface area contributed by atoms with Gasteiger partial charge in [0.1, 0.15) is 23.2 Å². The Morgan fingerprint density at radius 2 is 2.20 bits per heavy atom. The summed E-state index contributed by atoms with van der Waals surface area (Å²) in [6, 6.07) is 4.68. The van der Waals surface area contributed by atoms with E-state index in [-0.39, 0.29) is 5.82 Å². The highest BCUT2D eigenvalue weighted by molar-refractivity contribution is 5.73. The number of benzene rings is 1. The van der Waals surface area contributed by atoms with Crippen molar-refractivity contribution in [2.75, 3.05) is 5.73 Å². The van der Waals surface area contributed by atoms with Crippen LogP contribution in [0.2, 0.25) is 0 Å². The Morgan fingerprint density at radius 3 is 2.85 bits per heavy atom. The van der Waals surface area contributed by atoms with Gasteiger partial charge in [-0.15, -0.1) is 6.58 Å². The van der Waals surface area contributed by atoms with Gasteiger partial charge in [-0.05, 0) is 31.0 Å². The third-order valence-electron chi connectivity index (χ3n) is 3.33. The molecule has 0 saturated heterocycles. The van der Waals surface area contributed by atoms with Crippen LogP contribution in [0.5, 0.6) is 0 Å². The van der Waals surface area contributed by atoms with E-state index in [1.165, 1.54) is 12.1 Å². The summed E-state index contributed by atoms with van der Waals surface area (Å²) < 4.78 is 15.4. The Balaban J connectivity index is 2.59. The lowest BCUT2D eigenvalue weighted by Gasteiger charge is -2.07. The largest absolute Gasteiger partial charge is 0.383 e. The summed E-state index contributed by atoms with van der Waals surface area (Å²) in [6.07, 6.45) is 3.61. The maximum absolute atomic E-state index is 13.5. The third kappa shape index (κ3) is 2.59. The molecule has 0 bridgehead atoms. The van der Waals surface area contributed by atoms with E-state index in [0.717, 1.165) is 29.8 Å². The van der Waals surface area contributed by atoms with Crippen LogP contribution in [0.15, 0.2) is 30.9 Å². The van der Waals surface area contributed by atoms with Gasteiger partial charge >= 0.3 is 0 Å². The summed E-state index contributed by atoms with van der Waals surface area (Å²) in [5.74, 6) is 1.21. The predicted molar refractivity (Wildman–Crippen MR) is 81.0 cm³/mol. The van der Waals surface area contributed by atoms with Crippen LogP contribution in [0.25, 0.3) is 11.3 Å². The van der Waals surface area contributed by atoms with Crippen LogP contribution in [0.4, 0.5) is 10.2 Å². The fourth-order valence-corrected chi connectivity index (χ4v) is 2.31. The third-order valence-corrected chi connectivity index (χ3v) is 3.33. The van der Waals surface area contributed by atoms with E-state index in [1.54, 1.807) is 12.1 Å². The second-order valence-corrected chi connectivity index (χ2v) is 4.87. The highest BCUT2D eigenvalue weighted by atomic mass is 19.1. The van der Waals surface area contributed by atoms with Crippen LogP contribution in [0.3, 0.4) is 0 Å². The SMILES string of the molecule is C=CCn1c(CCC)nc(-c2cc(F)ccc2C)c1N. The van der Waals surface area contributed by atoms with Crippen molar-refractivity contribution < 1.29 is 4.39 Å². The Kier molecular flexibility index (Phi) is 4.23. The number of allylic oxidation sites excluding steroid dienone is 1. The Bertz CT molecular complexity index is 629. The van der Waals surface area contributed by atoms with Gasteiger partial charge in [-0.25, -0.2) is 9.37 Å². The normalized spacial score (nSPS) is 10.8. The fraction of sp³-hybridized carbons (Fsp3) is 0.312. The lowest BCUT2D eigenvalue weighted by Crippen LogP contribution is -2.05. The molecule has 2 N–H and O–H groups in total. The zero-order valence-corrected chi connectivity index (χ0v) is 12.0. The Hall–Kier alpha value is -2.10. The second kappa shape index (κ2) is 5.90. The molecule has 20 heavy (non-hydrogen) atoms. The zero-order valence-electron chi connectivity index (χ0n) is 12.0. The molecular weight excluding hydrogens is 253 g/mol. The van der Waals surface area contributed by atoms with Gasteiger partial charge < -0.3 is 10.3 Å². The first-order valence-corrected chi connectivity index (χ1v) is 6.80. The van der Waals surface area contributed by atoms with Crippen molar-refractivity contribution in [3.63, 3.8) is 0 Å². The van der Waals surface area contributed by atoms with Crippen molar-refractivity contribution >= 4 is 5.82 Å². The Morgan fingerprint density at radius 1 is 1.45 bits per heavy atom. The summed E-state index contributed by atoms with van der Waals surface area (Å²) in [7, 11) is 0. The van der Waals surface area contributed by atoms with Gasteiger partial charge in [-0.3, -0.25) is 0 Å². The second-order valence-electron chi connectivity index (χ2n) is 4.87. The molecule has 0 saturated carbocycles. The molecule has 1 aromatic heterocycles. The molecule has 0 aliphatic rings. The van der Waals surface area contributed by atoms with E-state index in [0.29, 0.717) is 18.1 Å². The number of anilines is 1. The number of hydrogen-bond donors (Lipinski definition) is 1. The van der Waals surface area contributed by atoms with E-state index in [2.05, 4.69) is 18.5 Å². The molecule has 0 unspecified atom stereocenters. The van der Waals surface area contributed by atoms with Gasteiger partial charge in [0, 0.05) is 18.5 Å². The molecule has 0 aliphatic heterocycles. The predicted octanol–water partition coefficient (Wildman–Crippen LogP) is 3.72. The average molecular weight is 273 g/mol. The molecule has 2 aromatic rings. The van der Waals surface area contributed by atoms with Crippen molar-refractivity contribution in [3.8, 4) is 11.3 Å². The number of aromatic nitrogens is 2. The molecule has 0 aliphatic carbocycles. The molecule has 3 nitrogen and oxygen atoms in total. The van der Waals surface area contributed by atoms with Crippen LogP contribution < -0.4 is 5.73 Å². The van der Waals surface area contributed by atoms with Crippen LogP contribution in [0.1, 0.15) is 24.7 Å². The number of aryl methyl sites for hydroxylation is 2. The minimum Gasteiger partial charge on any atom is -0.383 e. The quantitative estimate of drug-likeness (QED) is 0.844. The number of hydrogen-bond acceptors (Lipinski definition) is 2. The van der Waals surface area contributed by atoms with E-state index in [1.807, 2.05) is 11.5 Å². The van der Waals surface area contributed by atoms with Crippen LogP contribution in [0, 0.1) is 12.7 Å². The van der Waals surface area contributed by atoms with Gasteiger partial charge in [-0.2, -0.15) is 0 Å². The van der Waals surface area contributed by atoms with Crippen molar-refractivity contribution in [2.45, 2.75) is 33.2 Å². The molecule has 2 rings (SSSR count). The number of halogens is 1. The van der Waals surface area contributed by atoms with Crippen LogP contribution in [-0.2, 0) is 13.0 Å². The molecule has 106 valence electrons. The van der Waals surface area contributed by atoms with Crippen LogP contribution in [-0.4, -0.2) is 9.55 Å². The topological polar surface area (TPSA) is 43.8 Å². The summed E-state index contributed by atoms with van der Waals surface area (Å²) in [5, 5.41) is 0. The number of nitrogens with two attached hydrogens (primary N) is 1. The van der Waals surface area contributed by atoms with Crippen LogP contribution >= 0.6 is 0 Å². The maximum Gasteiger partial charge on any atom is 0.132 e. The summed E-state index contributed by atoms with van der Waals surface area (Å²) in [4.78, 5) is 4.61. The molecule has 0 fully saturated rings. The number of rotatable bonds is 5. The minimum atomic E-state index is -0.277. The first-order valence-electron chi connectivity index (χ1n) is 6.80. The smallest absolute Gasteiger partial charge is 0.132 e. The summed E-state index contributed by atoms with van der Waals surface area (Å²) in [5.41, 5.74) is 8.58. The number of imidazole rings is 1. The zero-order chi connectivity index (χ0) is 14.7. The minimum absolute atomic E-state index is 0.277. The first-order chi connectivity index (χ1) is 9.58. The van der Waals surface area contributed by atoms with E-state index in [4.69, 9.17) is 5.73 Å². The highest BCUT2D eigenvalue weighted by Gasteiger charge is 2.16. The monoisotopic (exact) mass is 273 g/mol. The van der Waals surface area contributed by atoms with Gasteiger partial charge in [0.05, 0.1) is 0 Å². The highest BCUT2D eigenvalue weighted by Crippen LogP contribution is 2.30. The molecule has 1 heterocycles. The number of nitrogen functional groups attached to an aromatic ring is 1. The Labute approximate surface area is 118 Å². The lowest BCUT2D eigenvalue weighted by atomic mass is 10.1. The molecule has 1 aromatic carbocycles. The van der Waals surface area contributed by atoms with Gasteiger partial charge in [0.15, 0.2) is 0 Å².